The van der Waals surface area contributed by atoms with Gasteiger partial charge in [-0.15, -0.1) is 0 Å². The van der Waals surface area contributed by atoms with Crippen molar-refractivity contribution in [1.82, 2.24) is 0 Å². The van der Waals surface area contributed by atoms with Gasteiger partial charge >= 0.3 is 11.9 Å². The van der Waals surface area contributed by atoms with E-state index in [4.69, 9.17) is 9.47 Å². The van der Waals surface area contributed by atoms with Gasteiger partial charge in [-0.1, -0.05) is 13.8 Å². The fourth-order valence-electron chi connectivity index (χ4n) is 8.76. The van der Waals surface area contributed by atoms with Gasteiger partial charge in [-0.3, -0.25) is 4.79 Å². The lowest BCUT2D eigenvalue weighted by Crippen LogP contribution is -2.54. The first-order chi connectivity index (χ1) is 13.8. The van der Waals surface area contributed by atoms with Crippen LogP contribution >= 0.6 is 0 Å². The molecule has 0 unspecified atom stereocenters. The Hall–Kier alpha value is -1.32. The maximum absolute atomic E-state index is 11.7. The van der Waals surface area contributed by atoms with Crippen LogP contribution in [0.3, 0.4) is 0 Å². The Morgan fingerprint density at radius 1 is 1.03 bits per heavy atom. The number of hydrogen-bond donors (Lipinski definition) is 0. The molecule has 8 atom stereocenters. The second kappa shape index (κ2) is 6.85. The van der Waals surface area contributed by atoms with Crippen LogP contribution < -0.4 is 0 Å². The van der Waals surface area contributed by atoms with Crippen molar-refractivity contribution in [2.45, 2.75) is 84.7 Å². The van der Waals surface area contributed by atoms with Crippen molar-refractivity contribution in [2.75, 3.05) is 6.61 Å². The summed E-state index contributed by atoms with van der Waals surface area (Å²) >= 11 is 0. The first kappa shape index (κ1) is 19.6. The van der Waals surface area contributed by atoms with Crippen molar-refractivity contribution in [1.29, 1.82) is 0 Å². The molecule has 5 aliphatic rings. The lowest BCUT2D eigenvalue weighted by atomic mass is 9.44. The highest BCUT2D eigenvalue weighted by atomic mass is 16.5. The smallest absolute Gasteiger partial charge is 0.331 e. The molecule has 0 saturated heterocycles. The lowest BCUT2D eigenvalue weighted by molar-refractivity contribution is -0.159. The third-order valence-corrected chi connectivity index (χ3v) is 10.1. The number of fused-ring (bicyclic) bond motifs is 5. The number of carbonyl (C=O) groups excluding carboxylic acids is 2. The molecule has 5 rings (SSSR count). The fourth-order valence-corrected chi connectivity index (χ4v) is 8.76. The van der Waals surface area contributed by atoms with E-state index in [0.29, 0.717) is 29.3 Å². The second-order valence-corrected chi connectivity index (χ2v) is 11.2. The Morgan fingerprint density at radius 3 is 2.52 bits per heavy atom. The summed E-state index contributed by atoms with van der Waals surface area (Å²) in [6.07, 6.45) is 13.0. The average molecular weight is 401 g/mol. The Kier molecular flexibility index (Phi) is 4.64. The number of carbonyl (C=O) groups is 2. The lowest BCUT2D eigenvalue weighted by Gasteiger charge is -2.61. The van der Waals surface area contributed by atoms with Crippen molar-refractivity contribution in [3.63, 3.8) is 0 Å². The summed E-state index contributed by atoms with van der Waals surface area (Å²) < 4.78 is 10.9. The predicted octanol–water partition coefficient (Wildman–Crippen LogP) is 5.06. The quantitative estimate of drug-likeness (QED) is 0.608. The molecule has 0 N–H and O–H groups in total. The van der Waals surface area contributed by atoms with Gasteiger partial charge in [-0.05, 0) is 104 Å². The number of esters is 2. The molecule has 0 bridgehead atoms. The average Bonchev–Trinajstić information content (AvgIpc) is 3.24. The minimum atomic E-state index is -0.140. The SMILES string of the molecule is CC(=O)O[C@H]1CC[C@@]2(C)[C@H](CC[C@@H]3[C@@H]2CC[C@]2(C)[C@@H](C4=CC(=O)OC4)CC[C@@H]32)C1. The van der Waals surface area contributed by atoms with Crippen molar-refractivity contribution < 1.29 is 19.1 Å². The van der Waals surface area contributed by atoms with E-state index in [-0.39, 0.29) is 18.0 Å². The second-order valence-electron chi connectivity index (χ2n) is 11.2. The third kappa shape index (κ3) is 2.99. The Morgan fingerprint density at radius 2 is 1.79 bits per heavy atom. The molecule has 1 heterocycles. The predicted molar refractivity (Wildman–Crippen MR) is 110 cm³/mol. The highest BCUT2D eigenvalue weighted by Crippen LogP contribution is 2.68. The van der Waals surface area contributed by atoms with Crippen LogP contribution in [-0.4, -0.2) is 24.6 Å². The van der Waals surface area contributed by atoms with Gasteiger partial charge in [0.15, 0.2) is 0 Å². The Bertz CT molecular complexity index is 741. The van der Waals surface area contributed by atoms with Crippen LogP contribution in [0.1, 0.15) is 78.6 Å². The van der Waals surface area contributed by atoms with E-state index in [1.165, 1.54) is 50.5 Å². The summed E-state index contributed by atoms with van der Waals surface area (Å²) in [5.41, 5.74) is 2.00. The number of hydrogen-bond acceptors (Lipinski definition) is 4. The molecule has 0 aromatic rings. The van der Waals surface area contributed by atoms with Gasteiger partial charge in [-0.2, -0.15) is 0 Å². The van der Waals surface area contributed by atoms with E-state index in [9.17, 15) is 9.59 Å². The molecule has 4 fully saturated rings. The van der Waals surface area contributed by atoms with Gasteiger partial charge in [0.2, 0.25) is 0 Å². The highest BCUT2D eigenvalue weighted by Gasteiger charge is 2.60. The van der Waals surface area contributed by atoms with Gasteiger partial charge in [0.05, 0.1) is 0 Å². The Labute approximate surface area is 174 Å². The summed E-state index contributed by atoms with van der Waals surface area (Å²) in [4.78, 5) is 23.1. The maximum atomic E-state index is 11.7. The minimum absolute atomic E-state index is 0.124. The van der Waals surface area contributed by atoms with Crippen LogP contribution in [0.2, 0.25) is 0 Å². The molecule has 4 saturated carbocycles. The van der Waals surface area contributed by atoms with E-state index >= 15 is 0 Å². The van der Waals surface area contributed by atoms with E-state index in [0.717, 1.165) is 30.6 Å². The molecule has 0 aromatic heterocycles. The molecule has 0 radical (unpaired) electrons. The van der Waals surface area contributed by atoms with Crippen LogP contribution in [0.25, 0.3) is 0 Å². The summed E-state index contributed by atoms with van der Waals surface area (Å²) in [5, 5.41) is 0. The monoisotopic (exact) mass is 400 g/mol. The summed E-state index contributed by atoms with van der Waals surface area (Å²) in [7, 11) is 0. The van der Waals surface area contributed by atoms with E-state index in [2.05, 4.69) is 13.8 Å². The molecule has 0 amide bonds. The van der Waals surface area contributed by atoms with Gasteiger partial charge in [0, 0.05) is 13.0 Å². The molecule has 29 heavy (non-hydrogen) atoms. The van der Waals surface area contributed by atoms with Crippen LogP contribution in [0, 0.1) is 40.4 Å². The summed E-state index contributed by atoms with van der Waals surface area (Å²) in [6, 6.07) is 0. The van der Waals surface area contributed by atoms with Crippen molar-refractivity contribution >= 4 is 11.9 Å². The molecule has 0 spiro atoms. The first-order valence-electron chi connectivity index (χ1n) is 11.9. The topological polar surface area (TPSA) is 52.6 Å². The molecule has 4 heteroatoms. The molecular formula is C25H36O4. The van der Waals surface area contributed by atoms with Gasteiger partial charge < -0.3 is 9.47 Å². The standard InChI is InChI=1S/C25H36O4/c1-15(26)29-18-8-10-24(2)17(13-18)4-5-19-21-7-6-20(16-12-23(27)28-14-16)25(21,3)11-9-22(19)24/h12,17-22H,4-11,13-14H2,1-3H3/t17-,18+,19+,20-,21+,22+,24+,25-/m1/s1. The zero-order chi connectivity index (χ0) is 20.4. The molecule has 4 nitrogen and oxygen atoms in total. The maximum Gasteiger partial charge on any atom is 0.331 e. The van der Waals surface area contributed by atoms with Crippen LogP contribution in [-0.2, 0) is 19.1 Å². The van der Waals surface area contributed by atoms with Crippen LogP contribution in [0.5, 0.6) is 0 Å². The van der Waals surface area contributed by atoms with Crippen molar-refractivity contribution in [2.24, 2.45) is 40.4 Å². The third-order valence-electron chi connectivity index (χ3n) is 10.1. The largest absolute Gasteiger partial charge is 0.463 e. The van der Waals surface area contributed by atoms with Crippen molar-refractivity contribution in [3.8, 4) is 0 Å². The van der Waals surface area contributed by atoms with Crippen LogP contribution in [0.15, 0.2) is 11.6 Å². The molecule has 4 aliphatic carbocycles. The zero-order valence-electron chi connectivity index (χ0n) is 18.2. The number of cyclic esters (lactones) is 1. The number of ether oxygens (including phenoxy) is 2. The van der Waals surface area contributed by atoms with Gasteiger partial charge in [-0.25, -0.2) is 4.79 Å². The number of rotatable bonds is 2. The zero-order valence-corrected chi connectivity index (χ0v) is 18.2. The minimum Gasteiger partial charge on any atom is -0.463 e. The van der Waals surface area contributed by atoms with Crippen molar-refractivity contribution in [3.05, 3.63) is 11.6 Å². The summed E-state index contributed by atoms with van der Waals surface area (Å²) in [6.45, 7) is 7.14. The van der Waals surface area contributed by atoms with Gasteiger partial charge in [0.1, 0.15) is 12.7 Å². The van der Waals surface area contributed by atoms with Crippen LogP contribution in [0.4, 0.5) is 0 Å². The molecular weight excluding hydrogens is 364 g/mol. The highest BCUT2D eigenvalue weighted by molar-refractivity contribution is 5.85. The Balaban J connectivity index is 1.35. The molecule has 0 aromatic carbocycles. The van der Waals surface area contributed by atoms with E-state index < -0.39 is 0 Å². The first-order valence-corrected chi connectivity index (χ1v) is 11.9. The molecule has 1 aliphatic heterocycles. The van der Waals surface area contributed by atoms with E-state index in [1.807, 2.05) is 0 Å². The molecule has 160 valence electrons. The normalized spacial score (nSPS) is 48.8. The van der Waals surface area contributed by atoms with Gasteiger partial charge in [0.25, 0.3) is 0 Å². The summed E-state index contributed by atoms with van der Waals surface area (Å²) in [5.74, 6) is 3.39. The van der Waals surface area contributed by atoms with E-state index in [1.54, 1.807) is 13.0 Å². The fraction of sp³-hybridized carbons (Fsp3) is 0.840.